The van der Waals surface area contributed by atoms with Gasteiger partial charge in [0.2, 0.25) is 17.7 Å². The van der Waals surface area contributed by atoms with Crippen LogP contribution in [0, 0.1) is 17.8 Å². The Labute approximate surface area is 247 Å². The number of rotatable bonds is 16. The zero-order valence-electron chi connectivity index (χ0n) is 26.2. The molecule has 1 saturated carbocycles. The number of aliphatic hydroxyl groups excluding tert-OH is 2. The third-order valence-corrected chi connectivity index (χ3v) is 8.38. The first-order valence-corrected chi connectivity index (χ1v) is 15.7. The summed E-state index contributed by atoms with van der Waals surface area (Å²) in [7, 11) is 3.29. The van der Waals surface area contributed by atoms with E-state index in [1.807, 2.05) is 58.0 Å². The molecular formula is C33H55N3O5. The number of nitrogens with one attached hydrogen (secondary N) is 1. The van der Waals surface area contributed by atoms with Crippen molar-refractivity contribution in [2.24, 2.45) is 17.8 Å². The quantitative estimate of drug-likeness (QED) is 0.266. The van der Waals surface area contributed by atoms with Crippen LogP contribution in [0.1, 0.15) is 104 Å². The smallest absolute Gasteiger partial charge is 0.241 e. The van der Waals surface area contributed by atoms with Crippen LogP contribution in [-0.2, 0) is 14.4 Å². The van der Waals surface area contributed by atoms with Gasteiger partial charge in [0, 0.05) is 26.4 Å². The Morgan fingerprint density at radius 3 is 2.20 bits per heavy atom. The van der Waals surface area contributed by atoms with Crippen molar-refractivity contribution in [2.45, 2.75) is 116 Å². The van der Waals surface area contributed by atoms with E-state index in [1.165, 1.54) is 16.2 Å². The van der Waals surface area contributed by atoms with Gasteiger partial charge in [0.15, 0.2) is 0 Å². The van der Waals surface area contributed by atoms with Crippen LogP contribution in [0.15, 0.2) is 30.3 Å². The van der Waals surface area contributed by atoms with E-state index in [0.29, 0.717) is 31.6 Å². The van der Waals surface area contributed by atoms with Crippen molar-refractivity contribution in [3.8, 4) is 0 Å². The Morgan fingerprint density at radius 1 is 1.00 bits per heavy atom. The van der Waals surface area contributed by atoms with E-state index in [9.17, 15) is 24.6 Å². The van der Waals surface area contributed by atoms with Gasteiger partial charge in [-0.15, -0.1) is 0 Å². The summed E-state index contributed by atoms with van der Waals surface area (Å²) in [6.45, 7) is 7.66. The normalized spacial score (nSPS) is 17.8. The zero-order chi connectivity index (χ0) is 30.5. The summed E-state index contributed by atoms with van der Waals surface area (Å²) in [5.74, 6) is -0.960. The van der Waals surface area contributed by atoms with Crippen molar-refractivity contribution in [3.63, 3.8) is 0 Å². The van der Waals surface area contributed by atoms with E-state index in [0.717, 1.165) is 31.2 Å². The molecule has 5 atom stereocenters. The molecule has 1 aromatic rings. The maximum atomic E-state index is 14.3. The minimum absolute atomic E-state index is 0.00269. The van der Waals surface area contributed by atoms with Gasteiger partial charge >= 0.3 is 0 Å². The molecule has 1 aliphatic rings. The average Bonchev–Trinajstić information content (AvgIpc) is 2.94. The lowest BCUT2D eigenvalue weighted by atomic mass is 9.81. The molecule has 1 fully saturated rings. The minimum Gasteiger partial charge on any atom is -0.390 e. The van der Waals surface area contributed by atoms with Gasteiger partial charge in [-0.3, -0.25) is 14.4 Å². The first-order valence-electron chi connectivity index (χ1n) is 15.7. The van der Waals surface area contributed by atoms with Crippen LogP contribution < -0.4 is 5.32 Å². The number of nitrogens with zero attached hydrogens (tertiary/aromatic N) is 2. The fourth-order valence-corrected chi connectivity index (χ4v) is 5.99. The summed E-state index contributed by atoms with van der Waals surface area (Å²) < 4.78 is 0. The number of benzene rings is 1. The van der Waals surface area contributed by atoms with Gasteiger partial charge in [0.25, 0.3) is 0 Å². The fraction of sp³-hybridized carbons (Fsp3) is 0.727. The number of aliphatic hydroxyl groups is 2. The fourth-order valence-electron chi connectivity index (χ4n) is 5.99. The molecule has 0 unspecified atom stereocenters. The van der Waals surface area contributed by atoms with Gasteiger partial charge in [-0.1, -0.05) is 89.6 Å². The Hall–Kier alpha value is -2.45. The third kappa shape index (κ3) is 11.4. The van der Waals surface area contributed by atoms with Crippen molar-refractivity contribution in [1.29, 1.82) is 0 Å². The summed E-state index contributed by atoms with van der Waals surface area (Å²) in [4.78, 5) is 43.5. The molecule has 0 spiro atoms. The molecule has 0 aliphatic heterocycles. The molecule has 0 saturated heterocycles. The zero-order valence-corrected chi connectivity index (χ0v) is 26.2. The molecule has 0 aromatic heterocycles. The number of amides is 3. The molecule has 41 heavy (non-hydrogen) atoms. The Morgan fingerprint density at radius 2 is 1.63 bits per heavy atom. The monoisotopic (exact) mass is 573 g/mol. The molecule has 0 radical (unpaired) electrons. The highest BCUT2D eigenvalue weighted by Crippen LogP contribution is 2.32. The topological polar surface area (TPSA) is 110 Å². The lowest BCUT2D eigenvalue weighted by Crippen LogP contribution is -2.56. The Kier molecular flexibility index (Phi) is 14.8. The number of hydrogen-bond acceptors (Lipinski definition) is 5. The van der Waals surface area contributed by atoms with E-state index >= 15 is 0 Å². The second kappa shape index (κ2) is 17.5. The molecule has 3 amide bonds. The lowest BCUT2D eigenvalue weighted by molar-refractivity contribution is -0.151. The molecule has 2 rings (SSSR count). The maximum Gasteiger partial charge on any atom is 0.241 e. The van der Waals surface area contributed by atoms with Crippen molar-refractivity contribution < 1.29 is 24.6 Å². The van der Waals surface area contributed by atoms with Crippen LogP contribution in [0.3, 0.4) is 0 Å². The van der Waals surface area contributed by atoms with E-state index < -0.39 is 24.2 Å². The van der Waals surface area contributed by atoms with E-state index in [2.05, 4.69) is 5.32 Å². The van der Waals surface area contributed by atoms with Crippen LogP contribution in [-0.4, -0.2) is 76.6 Å². The van der Waals surface area contributed by atoms with Gasteiger partial charge in [-0.2, -0.15) is 0 Å². The summed E-state index contributed by atoms with van der Waals surface area (Å²) in [5.41, 5.74) is 0.979. The summed E-state index contributed by atoms with van der Waals surface area (Å²) in [6.07, 6.45) is 5.28. The molecule has 0 heterocycles. The number of hydrogen-bond donors (Lipinski definition) is 3. The standard InChI is InChI=1S/C33H55N3O5/c1-7-14-27(21-30(38)34-24(4)26-17-12-9-13-18-26)33(41)36(22-31(39)35(5)6)28(20-25-15-10-8-11-16-25)32(40)29(37)19-23(2)3/h9,12-13,17-18,23-25,27-29,32,37,40H,7-8,10-11,14-16,19-22H2,1-6H3,(H,34,38)/t24-,27+,28-,29-,32+/m0/s1. The largest absolute Gasteiger partial charge is 0.390 e. The number of carbonyl (C=O) groups is 3. The highest BCUT2D eigenvalue weighted by molar-refractivity contribution is 5.89. The summed E-state index contributed by atoms with van der Waals surface area (Å²) in [6, 6.07) is 8.75. The minimum atomic E-state index is -1.19. The molecule has 232 valence electrons. The first kappa shape index (κ1) is 34.7. The van der Waals surface area contributed by atoms with Gasteiger partial charge in [-0.25, -0.2) is 0 Å². The summed E-state index contributed by atoms with van der Waals surface area (Å²) in [5, 5.41) is 25.5. The average molecular weight is 574 g/mol. The lowest BCUT2D eigenvalue weighted by Gasteiger charge is -2.41. The molecular weight excluding hydrogens is 518 g/mol. The molecule has 1 aromatic carbocycles. The van der Waals surface area contributed by atoms with Crippen molar-refractivity contribution in [3.05, 3.63) is 35.9 Å². The number of likely N-dealkylation sites (N-methyl/N-ethyl adjacent to an activating group) is 1. The second-order valence-electron chi connectivity index (χ2n) is 12.6. The van der Waals surface area contributed by atoms with Crippen molar-refractivity contribution >= 4 is 17.7 Å². The van der Waals surface area contributed by atoms with E-state index in [-0.39, 0.29) is 42.6 Å². The molecule has 8 heteroatoms. The van der Waals surface area contributed by atoms with E-state index in [1.54, 1.807) is 14.1 Å². The third-order valence-electron chi connectivity index (χ3n) is 8.38. The second-order valence-corrected chi connectivity index (χ2v) is 12.6. The van der Waals surface area contributed by atoms with Crippen molar-refractivity contribution in [1.82, 2.24) is 15.1 Å². The predicted octanol–water partition coefficient (Wildman–Crippen LogP) is 4.69. The van der Waals surface area contributed by atoms with Crippen LogP contribution >= 0.6 is 0 Å². The van der Waals surface area contributed by atoms with Gasteiger partial charge in [-0.05, 0) is 43.6 Å². The van der Waals surface area contributed by atoms with Crippen LogP contribution in [0.5, 0.6) is 0 Å². The molecule has 8 nitrogen and oxygen atoms in total. The van der Waals surface area contributed by atoms with Crippen molar-refractivity contribution in [2.75, 3.05) is 20.6 Å². The van der Waals surface area contributed by atoms with Crippen LogP contribution in [0.2, 0.25) is 0 Å². The highest BCUT2D eigenvalue weighted by atomic mass is 16.3. The SMILES string of the molecule is CCC[C@H](CC(=O)N[C@@H](C)c1ccccc1)C(=O)N(CC(=O)N(C)C)[C@@H](CC1CCCCC1)[C@@H](O)[C@@H](O)CC(C)C. The van der Waals surface area contributed by atoms with Crippen LogP contribution in [0.25, 0.3) is 0 Å². The molecule has 0 bridgehead atoms. The highest BCUT2D eigenvalue weighted by Gasteiger charge is 2.39. The number of carbonyl (C=O) groups excluding carboxylic acids is 3. The summed E-state index contributed by atoms with van der Waals surface area (Å²) >= 11 is 0. The van der Waals surface area contributed by atoms with Crippen LogP contribution in [0.4, 0.5) is 0 Å². The van der Waals surface area contributed by atoms with E-state index in [4.69, 9.17) is 0 Å². The molecule has 1 aliphatic carbocycles. The van der Waals surface area contributed by atoms with Gasteiger partial charge in [0.05, 0.1) is 18.2 Å². The first-order chi connectivity index (χ1) is 19.4. The Bertz CT molecular complexity index is 932. The molecule has 3 N–H and O–H groups in total. The predicted molar refractivity (Wildman–Crippen MR) is 163 cm³/mol. The Balaban J connectivity index is 2.36. The maximum absolute atomic E-state index is 14.3. The van der Waals surface area contributed by atoms with Gasteiger partial charge < -0.3 is 25.3 Å². The van der Waals surface area contributed by atoms with Gasteiger partial charge in [0.1, 0.15) is 12.6 Å².